The standard InChI is InChI=1S/C48H28O2.C30H20BO2.C18H9BrO2/c1-2-15-33-29(11-1)12-10-21-34(33)30-13-9-14-31(27-30)45-36-17-3-5-19-38(36)46(39-20-6-4-18-37(39)45)32-23-26-44-42(28-32)41-25-24-40-35-16-7-8-22-43(35)49-47(40)48(41)50-44;32-31-33-30-27-16-5-3-14-25(27)29(26-15-4-6-17-28(26)30)22-12-7-11-21(19-22)24-18-8-10-20-9-1-2-13-23(20)24;19-10-5-8-16-14(9-10)13-7-6-12-11-3-1-2-4-15(11)20-17(12)18(13)21-16/h1-28H;1-19,32H;1-9H. The van der Waals surface area contributed by atoms with Gasteiger partial charge in [0.15, 0.2) is 22.3 Å². The molecule has 487 valence electrons. The fourth-order valence-corrected chi connectivity index (χ4v) is 16.5. The zero-order chi connectivity index (χ0) is 68.9. The van der Waals surface area contributed by atoms with Gasteiger partial charge in [0.2, 0.25) is 0 Å². The molecular formula is C96H57BBrO6. The molecule has 4 aromatic heterocycles. The summed E-state index contributed by atoms with van der Waals surface area (Å²) in [6, 6.07) is 120. The molecule has 0 fully saturated rings. The number of furan rings is 4. The van der Waals surface area contributed by atoms with Gasteiger partial charge in [-0.3, -0.25) is 0 Å². The zero-order valence-electron chi connectivity index (χ0n) is 55.8. The Morgan fingerprint density at radius 2 is 0.538 bits per heavy atom. The fraction of sp³-hybridized carbons (Fsp3) is 0. The van der Waals surface area contributed by atoms with E-state index < -0.39 is 0 Å². The molecule has 1 N–H and O–H groups in total. The molecule has 0 atom stereocenters. The Hall–Kier alpha value is -13.0. The maximum absolute atomic E-state index is 9.43. The van der Waals surface area contributed by atoms with Gasteiger partial charge < -0.3 is 27.3 Å². The summed E-state index contributed by atoms with van der Waals surface area (Å²) >= 11 is 3.52. The van der Waals surface area contributed by atoms with Gasteiger partial charge in [-0.25, -0.2) is 0 Å². The van der Waals surface area contributed by atoms with Gasteiger partial charge in [0.25, 0.3) is 0 Å². The van der Waals surface area contributed by atoms with Crippen LogP contribution in [0.5, 0.6) is 5.75 Å². The molecule has 0 saturated carbocycles. The second-order valence-corrected chi connectivity index (χ2v) is 27.4. The fourth-order valence-electron chi connectivity index (χ4n) is 16.1. The van der Waals surface area contributed by atoms with Crippen LogP contribution in [0.1, 0.15) is 0 Å². The summed E-state index contributed by atoms with van der Waals surface area (Å²) in [5.74, 6) is 0.664. The quantitative estimate of drug-likeness (QED) is 0.126. The molecule has 0 unspecified atom stereocenters. The number of hydrogen-bond acceptors (Lipinski definition) is 6. The SMILES string of the molecule is Brc1ccc2oc3c(ccc4c5ccccc5oc43)c2c1.O[B]Oc1c2ccccc2c(-c2cccc(-c3cccc4ccccc34)c2)c2ccccc12.c1cc(-c2cccc3ccccc23)cc(-c2c3ccccc3c(-c3ccc4oc5c(ccc6c7ccccc7oc65)c4c3)c3ccccc23)c1. The lowest BCUT2D eigenvalue weighted by Gasteiger charge is -2.18. The summed E-state index contributed by atoms with van der Waals surface area (Å²) < 4.78 is 31.6. The average molecular weight is 1400 g/mol. The van der Waals surface area contributed by atoms with Crippen LogP contribution in [0.25, 0.3) is 208 Å². The van der Waals surface area contributed by atoms with Gasteiger partial charge in [0.05, 0.1) is 0 Å². The molecule has 0 saturated heterocycles. The van der Waals surface area contributed by atoms with Gasteiger partial charge in [-0.1, -0.05) is 277 Å². The molecule has 0 spiro atoms. The Labute approximate surface area is 604 Å². The highest BCUT2D eigenvalue weighted by molar-refractivity contribution is 9.10. The zero-order valence-corrected chi connectivity index (χ0v) is 57.4. The van der Waals surface area contributed by atoms with Gasteiger partial charge >= 0.3 is 7.69 Å². The highest BCUT2D eigenvalue weighted by Crippen LogP contribution is 2.49. The summed E-state index contributed by atoms with van der Waals surface area (Å²) in [7, 11) is 0.759. The Bertz CT molecular complexity index is 7110. The van der Waals surface area contributed by atoms with Crippen molar-refractivity contribution in [2.24, 2.45) is 0 Å². The molecule has 104 heavy (non-hydrogen) atoms. The topological polar surface area (TPSA) is 82.0 Å². The molecule has 1 radical (unpaired) electrons. The molecule has 0 amide bonds. The minimum Gasteiger partial charge on any atom is -0.537 e. The van der Waals surface area contributed by atoms with Crippen LogP contribution in [0.15, 0.2) is 362 Å². The van der Waals surface area contributed by atoms with E-state index in [1.165, 1.54) is 82.0 Å². The highest BCUT2D eigenvalue weighted by atomic mass is 79.9. The van der Waals surface area contributed by atoms with E-state index in [0.717, 1.165) is 138 Å². The molecule has 8 heteroatoms. The molecule has 4 heterocycles. The number of halogens is 1. The average Bonchev–Trinajstić information content (AvgIpc) is 1.72. The molecule has 0 aliphatic rings. The van der Waals surface area contributed by atoms with E-state index in [2.05, 4.69) is 271 Å². The van der Waals surface area contributed by atoms with Crippen molar-refractivity contribution in [3.05, 3.63) is 344 Å². The first kappa shape index (κ1) is 60.9. The van der Waals surface area contributed by atoms with Gasteiger partial charge in [-0.2, -0.15) is 0 Å². The second kappa shape index (κ2) is 25.0. The van der Waals surface area contributed by atoms with Crippen molar-refractivity contribution in [1.82, 2.24) is 0 Å². The van der Waals surface area contributed by atoms with Crippen LogP contribution in [0.2, 0.25) is 0 Å². The predicted molar refractivity (Wildman–Crippen MR) is 437 cm³/mol. The first-order chi connectivity index (χ1) is 51.5. The van der Waals surface area contributed by atoms with Crippen LogP contribution in [0.4, 0.5) is 0 Å². The number of hydrogen-bond donors (Lipinski definition) is 1. The van der Waals surface area contributed by atoms with Crippen LogP contribution in [0, 0.1) is 0 Å². The number of rotatable bonds is 7. The van der Waals surface area contributed by atoms with E-state index in [1.807, 2.05) is 84.9 Å². The van der Waals surface area contributed by atoms with Gasteiger partial charge in [0.1, 0.15) is 28.1 Å². The molecule has 22 rings (SSSR count). The van der Waals surface area contributed by atoms with Crippen molar-refractivity contribution in [2.45, 2.75) is 0 Å². The molecule has 0 aliphatic heterocycles. The van der Waals surface area contributed by atoms with Gasteiger partial charge in [0, 0.05) is 58.3 Å². The van der Waals surface area contributed by atoms with Crippen LogP contribution in [0.3, 0.4) is 0 Å². The summed E-state index contributed by atoms with van der Waals surface area (Å²) in [5.41, 5.74) is 18.7. The number of fused-ring (bicyclic) bond motifs is 20. The van der Waals surface area contributed by atoms with E-state index >= 15 is 0 Å². The first-order valence-electron chi connectivity index (χ1n) is 34.8. The third-order valence-corrected chi connectivity index (χ3v) is 21.2. The summed E-state index contributed by atoms with van der Waals surface area (Å²) in [5, 5.41) is 32.2. The minimum atomic E-state index is 0.664. The molecule has 0 aliphatic carbocycles. The normalized spacial score (nSPS) is 11.8. The van der Waals surface area contributed by atoms with E-state index in [0.29, 0.717) is 5.75 Å². The van der Waals surface area contributed by atoms with Crippen molar-refractivity contribution in [3.63, 3.8) is 0 Å². The van der Waals surface area contributed by atoms with E-state index in [1.54, 1.807) is 0 Å². The predicted octanol–water partition coefficient (Wildman–Crippen LogP) is 27.6. The molecular weight excluding hydrogens is 1340 g/mol. The van der Waals surface area contributed by atoms with E-state index in [4.69, 9.17) is 22.3 Å². The monoisotopic (exact) mass is 1400 g/mol. The lowest BCUT2D eigenvalue weighted by atomic mass is 9.85. The van der Waals surface area contributed by atoms with Crippen molar-refractivity contribution < 1.29 is 27.3 Å². The summed E-state index contributed by atoms with van der Waals surface area (Å²) in [4.78, 5) is 0. The molecule has 22 aromatic rings. The Morgan fingerprint density at radius 3 is 0.971 bits per heavy atom. The lowest BCUT2D eigenvalue weighted by Crippen LogP contribution is -2.02. The molecule has 18 aromatic carbocycles. The van der Waals surface area contributed by atoms with Crippen LogP contribution < -0.4 is 4.65 Å². The van der Waals surface area contributed by atoms with Crippen LogP contribution in [-0.2, 0) is 0 Å². The van der Waals surface area contributed by atoms with Crippen molar-refractivity contribution in [1.29, 1.82) is 0 Å². The maximum Gasteiger partial charge on any atom is 0.569 e. The lowest BCUT2D eigenvalue weighted by molar-refractivity contribution is 0.459. The maximum atomic E-state index is 9.43. The molecule has 0 bridgehead atoms. The number of para-hydroxylation sites is 2. The summed E-state index contributed by atoms with van der Waals surface area (Å²) in [6.07, 6.45) is 0. The second-order valence-electron chi connectivity index (χ2n) is 26.5. The Morgan fingerprint density at radius 1 is 0.231 bits per heavy atom. The third-order valence-electron chi connectivity index (χ3n) is 20.7. The highest BCUT2D eigenvalue weighted by Gasteiger charge is 2.23. The Kier molecular flexibility index (Phi) is 14.6. The van der Waals surface area contributed by atoms with E-state index in [-0.39, 0.29) is 0 Å². The third kappa shape index (κ3) is 10.0. The van der Waals surface area contributed by atoms with Gasteiger partial charge in [-0.05, 0) is 188 Å². The molecule has 6 nitrogen and oxygen atoms in total. The minimum absolute atomic E-state index is 0.664. The first-order valence-corrected chi connectivity index (χ1v) is 35.6. The van der Waals surface area contributed by atoms with Crippen molar-refractivity contribution in [3.8, 4) is 61.4 Å². The van der Waals surface area contributed by atoms with Crippen molar-refractivity contribution in [2.75, 3.05) is 0 Å². The largest absolute Gasteiger partial charge is 0.569 e. The van der Waals surface area contributed by atoms with Gasteiger partial charge in [-0.15, -0.1) is 0 Å². The van der Waals surface area contributed by atoms with Crippen LogP contribution in [-0.4, -0.2) is 12.7 Å². The van der Waals surface area contributed by atoms with Crippen LogP contribution >= 0.6 is 15.9 Å². The summed E-state index contributed by atoms with van der Waals surface area (Å²) in [6.45, 7) is 0. The smallest absolute Gasteiger partial charge is 0.537 e. The van der Waals surface area contributed by atoms with E-state index in [9.17, 15) is 5.02 Å². The number of benzene rings is 18. The van der Waals surface area contributed by atoms with Crippen molar-refractivity contribution >= 4 is 176 Å². The Balaban J connectivity index is 0.000000114.